The van der Waals surface area contributed by atoms with E-state index in [1.54, 1.807) is 36.4 Å². The number of carboxylic acids is 1. The van der Waals surface area contributed by atoms with Crippen molar-refractivity contribution in [3.8, 4) is 23.0 Å². The molecule has 356 valence electrons. The monoisotopic (exact) mass is 996 g/mol. The lowest BCUT2D eigenvalue weighted by atomic mass is 10.2. The number of hydrogen-bond donors (Lipinski definition) is 7. The number of hydrogen-bond acceptors (Lipinski definition) is 11. The van der Waals surface area contributed by atoms with E-state index < -0.39 is 40.4 Å². The highest BCUT2D eigenvalue weighted by Crippen LogP contribution is 2.38. The van der Waals surface area contributed by atoms with Gasteiger partial charge in [0.05, 0.1) is 48.8 Å². The predicted molar refractivity (Wildman–Crippen MR) is 240 cm³/mol. The lowest BCUT2D eigenvalue weighted by Gasteiger charge is -2.08. The number of carboxylic acid groups (broad SMARTS) is 1. The van der Waals surface area contributed by atoms with Gasteiger partial charge in [-0.15, -0.1) is 0 Å². The Bertz CT molecular complexity index is 3220. The number of rotatable bonds is 9. The van der Waals surface area contributed by atoms with E-state index in [-0.39, 0.29) is 67.8 Å². The second kappa shape index (κ2) is 21.0. The van der Waals surface area contributed by atoms with Crippen LogP contribution in [0.1, 0.15) is 52.8 Å². The molecule has 4 aromatic carbocycles. The van der Waals surface area contributed by atoms with Crippen molar-refractivity contribution in [1.29, 1.82) is 0 Å². The van der Waals surface area contributed by atoms with Crippen molar-refractivity contribution >= 4 is 80.9 Å². The zero-order chi connectivity index (χ0) is 50.2. The molecule has 0 aliphatic heterocycles. The van der Waals surface area contributed by atoms with Crippen LogP contribution in [0.25, 0.3) is 22.1 Å². The highest BCUT2D eigenvalue weighted by atomic mass is 35.5. The zero-order valence-electron chi connectivity index (χ0n) is 35.2. The van der Waals surface area contributed by atoms with Gasteiger partial charge in [-0.3, -0.25) is 29.7 Å². The highest BCUT2D eigenvalue weighted by Gasteiger charge is 2.35. The summed E-state index contributed by atoms with van der Waals surface area (Å²) in [4.78, 5) is 67.6. The van der Waals surface area contributed by atoms with Gasteiger partial charge >= 0.3 is 18.3 Å². The number of halogens is 8. The predicted octanol–water partition coefficient (Wildman–Crippen LogP) is 9.78. The van der Waals surface area contributed by atoms with Gasteiger partial charge in [-0.05, 0) is 72.8 Å². The Kier molecular flexibility index (Phi) is 15.2. The van der Waals surface area contributed by atoms with Gasteiger partial charge in [-0.25, -0.2) is 14.8 Å². The van der Waals surface area contributed by atoms with E-state index >= 15 is 0 Å². The fourth-order valence-corrected chi connectivity index (χ4v) is 6.41. The molecular formula is C44H32Cl2F6N10O7. The fourth-order valence-electron chi connectivity index (χ4n) is 5.88. The van der Waals surface area contributed by atoms with Gasteiger partial charge in [-0.2, -0.15) is 26.3 Å². The van der Waals surface area contributed by atoms with Gasteiger partial charge in [-0.1, -0.05) is 35.3 Å². The number of nitrogens with zero attached hydrogens (tertiary/aromatic N) is 4. The summed E-state index contributed by atoms with van der Waals surface area (Å²) in [5.41, 5.74) is 4.86. The highest BCUT2D eigenvalue weighted by molar-refractivity contribution is 6.32. The molecule has 0 aliphatic rings. The second-order valence-corrected chi connectivity index (χ2v) is 14.6. The van der Waals surface area contributed by atoms with E-state index in [0.717, 1.165) is 24.3 Å². The number of pyridine rings is 2. The lowest BCUT2D eigenvalue weighted by molar-refractivity contribution is -0.138. The van der Waals surface area contributed by atoms with Crippen molar-refractivity contribution in [2.24, 2.45) is 0 Å². The molecular weight excluding hydrogens is 965 g/mol. The largest absolute Gasteiger partial charge is 0.478 e. The smallest absolute Gasteiger partial charge is 0.417 e. The Morgan fingerprint density at radius 2 is 1.06 bits per heavy atom. The zero-order valence-corrected chi connectivity index (χ0v) is 36.7. The number of imidazole rings is 2. The summed E-state index contributed by atoms with van der Waals surface area (Å²) < 4.78 is 87.7. The normalized spacial score (nSPS) is 11.1. The number of alkyl halides is 6. The van der Waals surface area contributed by atoms with Crippen molar-refractivity contribution in [2.75, 3.05) is 25.1 Å². The molecule has 0 bridgehead atoms. The standard InChI is InChI=1S/C22H15ClF3N5O3.C14H12N2O4.C8H5ClF3N3/c1-27-20(33)18-8-13(5-6-28-18)34-12-4-2-3-11(7-12)19(32)31-21-29-16-9-14(22(24,25)26)15(23)10-17(16)30-21;1-15-13(17)12-8-11(5-6-16-12)20-10-4-2-3-9(7-10)14(18)19;9-4-2-6-5(14-7(13)15-6)1-3(4)8(10,11)12/h2-10H,1H3,(H,27,33)(H2,29,30,31,32);2-8H,1H3,(H,15,17)(H,18,19);1-2H,(H3,13,14,15). The molecule has 8 N–H and O–H groups in total. The number of anilines is 2. The van der Waals surface area contributed by atoms with Crippen LogP contribution in [-0.2, 0) is 12.4 Å². The van der Waals surface area contributed by atoms with E-state index in [0.29, 0.717) is 28.5 Å². The average Bonchev–Trinajstić information content (AvgIpc) is 3.88. The number of fused-ring (bicyclic) bond motifs is 2. The third kappa shape index (κ3) is 12.9. The fraction of sp³-hybridized carbons (Fsp3) is 0.0909. The first kappa shape index (κ1) is 50.0. The van der Waals surface area contributed by atoms with Crippen molar-refractivity contribution in [3.63, 3.8) is 0 Å². The summed E-state index contributed by atoms with van der Waals surface area (Å²) >= 11 is 11.2. The van der Waals surface area contributed by atoms with Crippen LogP contribution in [-0.4, -0.2) is 72.8 Å². The van der Waals surface area contributed by atoms with E-state index in [1.807, 2.05) is 0 Å². The first-order valence-corrected chi connectivity index (χ1v) is 20.1. The number of nitrogen functional groups attached to an aromatic ring is 1. The first-order valence-electron chi connectivity index (χ1n) is 19.4. The maximum absolute atomic E-state index is 13.1. The van der Waals surface area contributed by atoms with Gasteiger partial charge < -0.3 is 40.9 Å². The quantitative estimate of drug-likeness (QED) is 0.0668. The van der Waals surface area contributed by atoms with E-state index in [9.17, 15) is 45.5 Å². The Hall–Kier alpha value is -8.44. The number of H-pyrrole nitrogens is 2. The molecule has 0 aliphatic carbocycles. The van der Waals surface area contributed by atoms with Crippen LogP contribution in [0.4, 0.5) is 38.2 Å². The number of aromatic carboxylic acids is 1. The molecule has 0 atom stereocenters. The van der Waals surface area contributed by atoms with Crippen LogP contribution >= 0.6 is 23.2 Å². The minimum Gasteiger partial charge on any atom is -0.478 e. The number of aromatic amines is 2. The molecule has 4 aromatic heterocycles. The third-order valence-corrected chi connectivity index (χ3v) is 9.66. The summed E-state index contributed by atoms with van der Waals surface area (Å²) in [6.07, 6.45) is -6.25. The van der Waals surface area contributed by atoms with Gasteiger partial charge in [0.15, 0.2) is 5.95 Å². The minimum absolute atomic E-state index is 0.0499. The van der Waals surface area contributed by atoms with Crippen LogP contribution in [0.3, 0.4) is 0 Å². The van der Waals surface area contributed by atoms with Crippen molar-refractivity contribution in [1.82, 2.24) is 40.5 Å². The molecule has 0 unspecified atom stereocenters. The first-order chi connectivity index (χ1) is 32.6. The van der Waals surface area contributed by atoms with Crippen LogP contribution < -0.4 is 31.2 Å². The third-order valence-electron chi connectivity index (χ3n) is 9.03. The van der Waals surface area contributed by atoms with Crippen LogP contribution in [0.5, 0.6) is 23.0 Å². The molecule has 8 rings (SSSR count). The molecule has 8 aromatic rings. The summed E-state index contributed by atoms with van der Waals surface area (Å²) in [6, 6.07) is 22.2. The molecule has 0 fully saturated rings. The lowest BCUT2D eigenvalue weighted by Crippen LogP contribution is -2.18. The summed E-state index contributed by atoms with van der Waals surface area (Å²) in [5, 5.41) is 15.4. The van der Waals surface area contributed by atoms with Crippen LogP contribution in [0, 0.1) is 0 Å². The maximum atomic E-state index is 13.1. The number of nitrogens with two attached hydrogens (primary N) is 1. The number of nitrogens with one attached hydrogen (secondary N) is 5. The number of carbonyl (C=O) groups excluding carboxylic acids is 3. The molecule has 4 heterocycles. The van der Waals surface area contributed by atoms with Crippen LogP contribution in [0.2, 0.25) is 10.0 Å². The van der Waals surface area contributed by atoms with Gasteiger partial charge in [0, 0.05) is 44.2 Å². The molecule has 17 nitrogen and oxygen atoms in total. The van der Waals surface area contributed by atoms with Gasteiger partial charge in [0.2, 0.25) is 5.95 Å². The molecule has 25 heteroatoms. The van der Waals surface area contributed by atoms with Gasteiger partial charge in [0.25, 0.3) is 17.7 Å². The Balaban J connectivity index is 0.000000188. The molecule has 0 saturated heterocycles. The van der Waals surface area contributed by atoms with E-state index in [2.05, 4.69) is 45.9 Å². The average molecular weight is 998 g/mol. The summed E-state index contributed by atoms with van der Waals surface area (Å²) in [7, 11) is 2.99. The molecule has 3 amide bonds. The molecule has 0 saturated carbocycles. The second-order valence-electron chi connectivity index (χ2n) is 13.8. The van der Waals surface area contributed by atoms with E-state index in [1.165, 1.54) is 62.9 Å². The summed E-state index contributed by atoms with van der Waals surface area (Å²) in [6.45, 7) is 0. The van der Waals surface area contributed by atoms with Gasteiger partial charge in [0.1, 0.15) is 34.4 Å². The van der Waals surface area contributed by atoms with Crippen molar-refractivity contribution in [2.45, 2.75) is 12.4 Å². The van der Waals surface area contributed by atoms with Crippen molar-refractivity contribution < 1.29 is 60.1 Å². The Morgan fingerprint density at radius 1 is 0.609 bits per heavy atom. The molecule has 0 radical (unpaired) electrons. The number of carbonyl (C=O) groups is 4. The molecule has 69 heavy (non-hydrogen) atoms. The van der Waals surface area contributed by atoms with E-state index in [4.69, 9.17) is 43.5 Å². The topological polar surface area (TPSA) is 252 Å². The summed E-state index contributed by atoms with van der Waals surface area (Å²) in [5.74, 6) is -0.883. The number of ether oxygens (including phenoxy) is 2. The van der Waals surface area contributed by atoms with Crippen LogP contribution in [0.15, 0.2) is 109 Å². The maximum Gasteiger partial charge on any atom is 0.417 e. The van der Waals surface area contributed by atoms with Crippen molar-refractivity contribution in [3.05, 3.63) is 153 Å². The molecule has 0 spiro atoms. The minimum atomic E-state index is -4.63. The number of aromatic nitrogens is 6. The Labute approximate surface area is 394 Å². The Morgan fingerprint density at radius 3 is 1.54 bits per heavy atom. The number of amides is 3. The SMILES string of the molecule is CNC(=O)c1cc(Oc2cccc(C(=O)Nc3nc4cc(Cl)c(C(F)(F)F)cc4[nH]3)c2)ccn1.CNC(=O)c1cc(Oc2cccc(C(=O)O)c2)ccn1.Nc1nc2cc(Cl)c(C(F)(F)F)cc2[nH]1. The number of benzene rings is 4.